The van der Waals surface area contributed by atoms with Crippen LogP contribution in [0.25, 0.3) is 76.8 Å². The quantitative estimate of drug-likeness (QED) is 0.154. The van der Waals surface area contributed by atoms with Crippen molar-refractivity contribution in [3.8, 4) is 44.5 Å². The summed E-state index contributed by atoms with van der Waals surface area (Å²) in [6, 6.07) is 35.7. The normalized spacial score (nSPS) is 21.1. The summed E-state index contributed by atoms with van der Waals surface area (Å²) >= 11 is 0. The van der Waals surface area contributed by atoms with Crippen molar-refractivity contribution in [2.75, 3.05) is 0 Å². The monoisotopic (exact) mass is 1000 g/mol. The number of hydrogen-bond donors (Lipinski definition) is 0. The van der Waals surface area contributed by atoms with E-state index in [9.17, 15) is 0 Å². The fourth-order valence-electron chi connectivity index (χ4n) is 17.4. The minimum absolute atomic E-state index is 0.0158. The van der Waals surface area contributed by atoms with Gasteiger partial charge in [0.15, 0.2) is 0 Å². The fraction of sp³-hybridized carbons (Fsp3) is 0.474. The zero-order valence-corrected chi connectivity index (χ0v) is 50.7. The van der Waals surface area contributed by atoms with Crippen LogP contribution in [0, 0.1) is 27.7 Å². The Bertz CT molecular complexity index is 3300. The molecule has 8 aromatic carbocycles. The molecule has 0 unspecified atom stereocenters. The molecule has 0 heterocycles. The van der Waals surface area contributed by atoms with Gasteiger partial charge in [-0.2, -0.15) is 0 Å². The van der Waals surface area contributed by atoms with Crippen molar-refractivity contribution in [3.63, 3.8) is 0 Å². The van der Waals surface area contributed by atoms with E-state index in [0.717, 1.165) is 0 Å². The number of fused-ring (bicyclic) bond motifs is 4. The highest BCUT2D eigenvalue weighted by molar-refractivity contribution is 6.32. The van der Waals surface area contributed by atoms with Gasteiger partial charge < -0.3 is 0 Å². The molecule has 0 nitrogen and oxygen atoms in total. The molecule has 0 fully saturated rings. The van der Waals surface area contributed by atoms with Gasteiger partial charge in [0, 0.05) is 0 Å². The molecule has 0 heteroatoms. The zero-order valence-electron chi connectivity index (χ0n) is 50.7. The molecule has 8 aromatic rings. The van der Waals surface area contributed by atoms with Crippen molar-refractivity contribution in [2.24, 2.45) is 0 Å². The van der Waals surface area contributed by atoms with Gasteiger partial charge in [0.25, 0.3) is 0 Å². The van der Waals surface area contributed by atoms with Crippen LogP contribution >= 0.6 is 0 Å². The van der Waals surface area contributed by atoms with Gasteiger partial charge in [0.05, 0.1) is 0 Å². The molecule has 0 saturated heterocycles. The highest BCUT2D eigenvalue weighted by Gasteiger charge is 2.45. The molecule has 0 spiro atoms. The number of hydrogen-bond acceptors (Lipinski definition) is 0. The zero-order chi connectivity index (χ0) is 54.6. The summed E-state index contributed by atoms with van der Waals surface area (Å²) in [7, 11) is 0. The summed E-state index contributed by atoms with van der Waals surface area (Å²) in [4.78, 5) is 0. The van der Waals surface area contributed by atoms with E-state index in [-0.39, 0.29) is 43.3 Å². The van der Waals surface area contributed by atoms with Gasteiger partial charge in [-0.1, -0.05) is 184 Å². The van der Waals surface area contributed by atoms with Crippen molar-refractivity contribution in [1.29, 1.82) is 0 Å². The Morgan fingerprint density at radius 1 is 0.211 bits per heavy atom. The van der Waals surface area contributed by atoms with Crippen LogP contribution < -0.4 is 0 Å². The maximum atomic E-state index is 2.69. The van der Waals surface area contributed by atoms with E-state index < -0.39 is 0 Å². The van der Waals surface area contributed by atoms with Gasteiger partial charge >= 0.3 is 0 Å². The van der Waals surface area contributed by atoms with Gasteiger partial charge in [0.1, 0.15) is 0 Å². The van der Waals surface area contributed by atoms with E-state index in [1.165, 1.54) is 150 Å². The lowest BCUT2D eigenvalue weighted by Crippen LogP contribution is -2.35. The van der Waals surface area contributed by atoms with Crippen LogP contribution in [-0.2, 0) is 43.3 Å². The first-order valence-corrected chi connectivity index (χ1v) is 29.7. The number of benzene rings is 8. The lowest BCUT2D eigenvalue weighted by atomic mass is 9.59. The molecule has 12 rings (SSSR count). The van der Waals surface area contributed by atoms with Gasteiger partial charge in [0.2, 0.25) is 0 Å². The van der Waals surface area contributed by atoms with Crippen LogP contribution in [0.3, 0.4) is 0 Å². The second-order valence-corrected chi connectivity index (χ2v) is 30.8. The molecule has 0 amide bonds. The Kier molecular flexibility index (Phi) is 11.0. The average molecular weight is 1000 g/mol. The molecule has 0 bridgehead atoms. The maximum absolute atomic E-state index is 2.69. The largest absolute Gasteiger partial charge is 0.0584 e. The summed E-state index contributed by atoms with van der Waals surface area (Å²) in [5, 5.41) is 8.37. The second kappa shape index (κ2) is 16.2. The molecule has 0 atom stereocenters. The molecular formula is C76H90. The molecule has 0 N–H and O–H groups in total. The Morgan fingerprint density at radius 2 is 0.382 bits per heavy atom. The summed E-state index contributed by atoms with van der Waals surface area (Å²) in [6.07, 6.45) is 9.47. The average Bonchev–Trinajstić information content (AvgIpc) is 3.43. The van der Waals surface area contributed by atoms with Crippen LogP contribution in [0.4, 0.5) is 0 Å². The summed E-state index contributed by atoms with van der Waals surface area (Å²) < 4.78 is 0. The minimum Gasteiger partial charge on any atom is -0.0584 e. The van der Waals surface area contributed by atoms with Crippen molar-refractivity contribution < 1.29 is 0 Å². The first-order valence-electron chi connectivity index (χ1n) is 29.7. The van der Waals surface area contributed by atoms with E-state index in [0.29, 0.717) is 0 Å². The van der Waals surface area contributed by atoms with Crippen LogP contribution in [0.15, 0.2) is 84.9 Å². The van der Waals surface area contributed by atoms with Gasteiger partial charge in [-0.15, -0.1) is 0 Å². The highest BCUT2D eigenvalue weighted by Crippen LogP contribution is 2.59. The molecule has 0 saturated carbocycles. The molecule has 394 valence electrons. The Labute approximate surface area is 459 Å². The standard InChI is InChI=1S/C76H90/c1-43-21-25-51(65-61(43)69(5,6)33-37-73(65,13)14)55-41-56(52-26-22-44(2)62-66(52)74(15,16)38-34-70(62,7)8)48-31-32-50-58(54-28-24-46(4)64-68(54)76(19,20)40-36-72(64,11)12)42-57(49-30-29-47(55)59(48)60(49)50)53-27-23-45(3)63-67(53)75(17,18)39-35-71(63,9)10/h21-32,41-42H,33-40H2,1-20H3. The smallest absolute Gasteiger partial charge is 0.00139 e. The van der Waals surface area contributed by atoms with Crippen molar-refractivity contribution in [3.05, 3.63) is 152 Å². The fourth-order valence-corrected chi connectivity index (χ4v) is 17.4. The first-order chi connectivity index (χ1) is 35.3. The predicted molar refractivity (Wildman–Crippen MR) is 332 cm³/mol. The second-order valence-electron chi connectivity index (χ2n) is 30.8. The Morgan fingerprint density at radius 3 is 0.566 bits per heavy atom. The van der Waals surface area contributed by atoms with Crippen LogP contribution in [0.5, 0.6) is 0 Å². The molecule has 0 aromatic heterocycles. The van der Waals surface area contributed by atoms with Crippen LogP contribution in [0.1, 0.15) is 229 Å². The van der Waals surface area contributed by atoms with Crippen LogP contribution in [0.2, 0.25) is 0 Å². The highest BCUT2D eigenvalue weighted by atomic mass is 14.5. The third-order valence-electron chi connectivity index (χ3n) is 21.6. The third-order valence-corrected chi connectivity index (χ3v) is 21.6. The summed E-state index contributed by atoms with van der Waals surface area (Å²) in [6.45, 7) is 49.9. The summed E-state index contributed by atoms with van der Waals surface area (Å²) in [5.41, 5.74) is 29.9. The van der Waals surface area contributed by atoms with E-state index in [4.69, 9.17) is 0 Å². The molecular weight excluding hydrogens is 913 g/mol. The topological polar surface area (TPSA) is 0 Å². The number of rotatable bonds is 4. The van der Waals surface area contributed by atoms with E-state index in [2.05, 4.69) is 223 Å². The third kappa shape index (κ3) is 7.25. The maximum Gasteiger partial charge on any atom is -0.00139 e. The summed E-state index contributed by atoms with van der Waals surface area (Å²) in [5.74, 6) is 0. The van der Waals surface area contributed by atoms with Crippen molar-refractivity contribution in [2.45, 2.75) is 233 Å². The Hall–Kier alpha value is -5.20. The predicted octanol–water partition coefficient (Wildman–Crippen LogP) is 21.9. The lowest BCUT2D eigenvalue weighted by Gasteiger charge is -2.45. The molecule has 4 aliphatic carbocycles. The first kappa shape index (κ1) is 51.6. The lowest BCUT2D eigenvalue weighted by molar-refractivity contribution is 0.331. The van der Waals surface area contributed by atoms with Crippen molar-refractivity contribution in [1.82, 2.24) is 0 Å². The van der Waals surface area contributed by atoms with Crippen LogP contribution in [-0.4, -0.2) is 0 Å². The van der Waals surface area contributed by atoms with E-state index >= 15 is 0 Å². The molecule has 0 aliphatic heterocycles. The van der Waals surface area contributed by atoms with Gasteiger partial charge in [-0.05, 0) is 278 Å². The van der Waals surface area contributed by atoms with E-state index in [1.807, 2.05) is 0 Å². The van der Waals surface area contributed by atoms with Gasteiger partial charge in [-0.3, -0.25) is 0 Å². The number of aryl methyl sites for hydroxylation is 4. The van der Waals surface area contributed by atoms with E-state index in [1.54, 1.807) is 44.5 Å². The van der Waals surface area contributed by atoms with Crippen molar-refractivity contribution >= 4 is 32.3 Å². The molecule has 4 aliphatic rings. The minimum atomic E-state index is 0.0158. The molecule has 0 radical (unpaired) electrons. The Balaban J connectivity index is 1.33. The molecule has 76 heavy (non-hydrogen) atoms. The SMILES string of the molecule is Cc1ccc(-c2cc(-c3ccc(C)c4c3C(C)(C)CCC4(C)C)c3ccc4c(-c5ccc(C)c6c5C(C)(C)CCC6(C)C)cc(-c5ccc(C)c6c5C(C)(C)CCC6(C)C)c5ccc2c3c54)c2c1C(C)(C)CCC2(C)C. The van der Waals surface area contributed by atoms with Gasteiger partial charge in [-0.25, -0.2) is 0 Å².